The minimum absolute atomic E-state index is 0.0522. The maximum Gasteiger partial charge on any atom is 0.305 e. The van der Waals surface area contributed by atoms with E-state index < -0.39 is 5.41 Å². The zero-order chi connectivity index (χ0) is 11.9. The summed E-state index contributed by atoms with van der Waals surface area (Å²) in [7, 11) is 0. The van der Waals surface area contributed by atoms with Gasteiger partial charge >= 0.3 is 11.9 Å². The average molecular weight is 214 g/mol. The lowest BCUT2D eigenvalue weighted by Crippen LogP contribution is -2.29. The molecule has 0 spiro atoms. The quantitative estimate of drug-likeness (QED) is 0.629. The molecule has 0 bridgehead atoms. The van der Waals surface area contributed by atoms with Crippen molar-refractivity contribution in [3.8, 4) is 0 Å². The molecule has 0 aliphatic heterocycles. The van der Waals surface area contributed by atoms with Gasteiger partial charge in [0, 0.05) is 18.3 Å². The third kappa shape index (κ3) is 6.94. The highest BCUT2D eigenvalue weighted by Gasteiger charge is 2.22. The lowest BCUT2D eigenvalue weighted by Gasteiger charge is -2.23. The number of rotatable bonds is 6. The molecule has 4 nitrogen and oxygen atoms in total. The van der Waals surface area contributed by atoms with Crippen LogP contribution in [0, 0.1) is 19.3 Å². The Morgan fingerprint density at radius 3 is 1.60 bits per heavy atom. The van der Waals surface area contributed by atoms with Crippen molar-refractivity contribution < 1.29 is 19.1 Å². The minimum atomic E-state index is -0.824. The van der Waals surface area contributed by atoms with Crippen LogP contribution >= 0.6 is 0 Å². The first-order valence-corrected chi connectivity index (χ1v) is 4.93. The molecule has 86 valence electrons. The van der Waals surface area contributed by atoms with Gasteiger partial charge in [0.1, 0.15) is 13.2 Å². The van der Waals surface area contributed by atoms with E-state index >= 15 is 0 Å². The molecule has 0 unspecified atom stereocenters. The first-order valence-electron chi connectivity index (χ1n) is 4.93. The molecule has 0 atom stereocenters. The van der Waals surface area contributed by atoms with E-state index in [1.807, 2.05) is 0 Å². The highest BCUT2D eigenvalue weighted by atomic mass is 16.5. The summed E-state index contributed by atoms with van der Waals surface area (Å²) < 4.78 is 9.73. The summed E-state index contributed by atoms with van der Waals surface area (Å²) >= 11 is 0. The highest BCUT2D eigenvalue weighted by Crippen LogP contribution is 2.15. The van der Waals surface area contributed by atoms with Crippen LogP contribution in [0.25, 0.3) is 0 Å². The standard InChI is InChI=1S/C11H18O4/c1-5-9(12)14-7-11(3,4)8-15-10(13)6-2/h3-8H2,1-2H3. The van der Waals surface area contributed by atoms with Gasteiger partial charge in [-0.25, -0.2) is 0 Å². The lowest BCUT2D eigenvalue weighted by atomic mass is 9.96. The summed E-state index contributed by atoms with van der Waals surface area (Å²) in [6.07, 6.45) is 0.621. The summed E-state index contributed by atoms with van der Waals surface area (Å²) in [4.78, 5) is 21.7. The largest absolute Gasteiger partial charge is 0.465 e. The van der Waals surface area contributed by atoms with Crippen LogP contribution in [0.5, 0.6) is 0 Å². The van der Waals surface area contributed by atoms with Crippen molar-refractivity contribution in [2.75, 3.05) is 13.2 Å². The van der Waals surface area contributed by atoms with Gasteiger partial charge in [-0.1, -0.05) is 13.8 Å². The van der Waals surface area contributed by atoms with Gasteiger partial charge in [0.25, 0.3) is 0 Å². The average Bonchev–Trinajstić information content (AvgIpc) is 2.22. The Labute approximate surface area is 90.9 Å². The third-order valence-electron chi connectivity index (χ3n) is 1.66. The fourth-order valence-electron chi connectivity index (χ4n) is 0.713. The first kappa shape index (κ1) is 13.9. The van der Waals surface area contributed by atoms with Crippen molar-refractivity contribution >= 4 is 11.9 Å². The Morgan fingerprint density at radius 2 is 1.33 bits per heavy atom. The van der Waals surface area contributed by atoms with Crippen LogP contribution in [0.1, 0.15) is 26.7 Å². The number of carbonyl (C=O) groups is 2. The van der Waals surface area contributed by atoms with Gasteiger partial charge in [-0.2, -0.15) is 0 Å². The van der Waals surface area contributed by atoms with Crippen LogP contribution in [0.3, 0.4) is 0 Å². The predicted octanol–water partition coefficient (Wildman–Crippen LogP) is 1.55. The molecular formula is C11H18O4. The SMILES string of the molecule is [CH2]C([CH2])(COC(=O)CC)COC(=O)CC. The predicted molar refractivity (Wildman–Crippen MR) is 55.6 cm³/mol. The van der Waals surface area contributed by atoms with Gasteiger partial charge in [0.05, 0.1) is 0 Å². The van der Waals surface area contributed by atoms with Gasteiger partial charge in [-0.05, 0) is 13.8 Å². The maximum absolute atomic E-state index is 10.9. The summed E-state index contributed by atoms with van der Waals surface area (Å²) in [6, 6.07) is 0. The molecule has 0 N–H and O–H groups in total. The molecule has 0 aliphatic rings. The second kappa shape index (κ2) is 6.43. The molecule has 0 saturated heterocycles. The molecule has 0 saturated carbocycles. The van der Waals surface area contributed by atoms with E-state index in [2.05, 4.69) is 13.8 Å². The Kier molecular flexibility index (Phi) is 5.97. The van der Waals surface area contributed by atoms with Gasteiger partial charge in [-0.3, -0.25) is 9.59 Å². The molecule has 0 rings (SSSR count). The summed E-state index contributed by atoms with van der Waals surface area (Å²) in [6.45, 7) is 10.9. The van der Waals surface area contributed by atoms with Crippen LogP contribution < -0.4 is 0 Å². The maximum atomic E-state index is 10.9. The molecule has 2 radical (unpaired) electrons. The second-order valence-electron chi connectivity index (χ2n) is 3.53. The van der Waals surface area contributed by atoms with Gasteiger partial charge in [0.2, 0.25) is 0 Å². The lowest BCUT2D eigenvalue weighted by molar-refractivity contribution is -0.150. The first-order chi connectivity index (χ1) is 6.91. The highest BCUT2D eigenvalue weighted by molar-refractivity contribution is 5.69. The van der Waals surface area contributed by atoms with Crippen molar-refractivity contribution in [2.45, 2.75) is 26.7 Å². The van der Waals surface area contributed by atoms with Crippen molar-refractivity contribution in [3.05, 3.63) is 13.8 Å². The van der Waals surface area contributed by atoms with Crippen LogP contribution in [0.4, 0.5) is 0 Å². The van der Waals surface area contributed by atoms with E-state index in [1.165, 1.54) is 0 Å². The Morgan fingerprint density at radius 1 is 1.00 bits per heavy atom. The summed E-state index contributed by atoms with van der Waals surface area (Å²) in [5, 5.41) is 0. The zero-order valence-electron chi connectivity index (χ0n) is 9.38. The summed E-state index contributed by atoms with van der Waals surface area (Å²) in [5.41, 5.74) is -0.824. The molecule has 0 amide bonds. The van der Waals surface area contributed by atoms with Crippen LogP contribution in [0.15, 0.2) is 0 Å². The van der Waals surface area contributed by atoms with Crippen molar-refractivity contribution in [1.82, 2.24) is 0 Å². The second-order valence-corrected chi connectivity index (χ2v) is 3.53. The van der Waals surface area contributed by atoms with Gasteiger partial charge in [-0.15, -0.1) is 0 Å². The Bertz CT molecular complexity index is 199. The van der Waals surface area contributed by atoms with Gasteiger partial charge in [0.15, 0.2) is 0 Å². The van der Waals surface area contributed by atoms with Crippen LogP contribution in [0.2, 0.25) is 0 Å². The van der Waals surface area contributed by atoms with E-state index in [0.29, 0.717) is 12.8 Å². The Hall–Kier alpha value is -1.06. The molecule has 0 aromatic rings. The molecule has 0 aromatic heterocycles. The van der Waals surface area contributed by atoms with E-state index in [4.69, 9.17) is 9.47 Å². The normalized spacial score (nSPS) is 10.9. The number of carbonyl (C=O) groups excluding carboxylic acids is 2. The van der Waals surface area contributed by atoms with Crippen molar-refractivity contribution in [3.63, 3.8) is 0 Å². The number of ether oxygens (including phenoxy) is 2. The van der Waals surface area contributed by atoms with Crippen molar-refractivity contribution in [1.29, 1.82) is 0 Å². The van der Waals surface area contributed by atoms with Crippen molar-refractivity contribution in [2.24, 2.45) is 5.41 Å². The number of hydrogen-bond donors (Lipinski definition) is 0. The van der Waals surface area contributed by atoms with E-state index in [0.717, 1.165) is 0 Å². The summed E-state index contributed by atoms with van der Waals surface area (Å²) in [5.74, 6) is -0.623. The molecule has 0 heterocycles. The topological polar surface area (TPSA) is 52.6 Å². The van der Waals surface area contributed by atoms with Crippen LogP contribution in [-0.2, 0) is 19.1 Å². The van der Waals surface area contributed by atoms with E-state index in [9.17, 15) is 9.59 Å². The van der Waals surface area contributed by atoms with E-state index in [-0.39, 0.29) is 25.2 Å². The fraction of sp³-hybridized carbons (Fsp3) is 0.636. The monoisotopic (exact) mass is 214 g/mol. The molecule has 15 heavy (non-hydrogen) atoms. The number of hydrogen-bond acceptors (Lipinski definition) is 4. The minimum Gasteiger partial charge on any atom is -0.465 e. The van der Waals surface area contributed by atoms with E-state index in [1.54, 1.807) is 13.8 Å². The fourth-order valence-corrected chi connectivity index (χ4v) is 0.713. The Balaban J connectivity index is 3.86. The molecule has 0 fully saturated rings. The third-order valence-corrected chi connectivity index (χ3v) is 1.66. The van der Waals surface area contributed by atoms with Crippen LogP contribution in [-0.4, -0.2) is 25.2 Å². The molecule has 0 aromatic carbocycles. The smallest absolute Gasteiger partial charge is 0.305 e. The van der Waals surface area contributed by atoms with Gasteiger partial charge < -0.3 is 9.47 Å². The number of esters is 2. The molecule has 4 heteroatoms. The molecular weight excluding hydrogens is 196 g/mol. The molecule has 0 aliphatic carbocycles. The zero-order valence-corrected chi connectivity index (χ0v) is 9.38.